The summed E-state index contributed by atoms with van der Waals surface area (Å²) >= 11 is 0. The quantitative estimate of drug-likeness (QED) is 0.863. The molecule has 1 N–H and O–H groups in total. The molecular weight excluding hydrogens is 339 g/mol. The van der Waals surface area contributed by atoms with Gasteiger partial charge >= 0.3 is 12.4 Å². The summed E-state index contributed by atoms with van der Waals surface area (Å²) in [7, 11) is 1.57. The van der Waals surface area contributed by atoms with Gasteiger partial charge in [0.05, 0.1) is 6.54 Å². The number of alkyl halides is 3. The number of benzene rings is 1. The Bertz CT molecular complexity index is 711. The number of halogens is 3. The molecular formula is C16H18F3N3O3. The second kappa shape index (κ2) is 7.45. The van der Waals surface area contributed by atoms with Gasteiger partial charge in [0.2, 0.25) is 0 Å². The van der Waals surface area contributed by atoms with Crippen molar-refractivity contribution in [2.24, 2.45) is 0 Å². The van der Waals surface area contributed by atoms with Gasteiger partial charge in [0, 0.05) is 24.7 Å². The van der Waals surface area contributed by atoms with Crippen LogP contribution in [0.3, 0.4) is 0 Å². The lowest BCUT2D eigenvalue weighted by atomic mass is 10.1. The Morgan fingerprint density at radius 2 is 1.96 bits per heavy atom. The third kappa shape index (κ3) is 5.70. The molecule has 0 radical (unpaired) electrons. The van der Waals surface area contributed by atoms with Crippen molar-refractivity contribution in [3.63, 3.8) is 0 Å². The van der Waals surface area contributed by atoms with E-state index in [4.69, 9.17) is 4.52 Å². The maximum Gasteiger partial charge on any atom is 0.573 e. The van der Waals surface area contributed by atoms with Crippen molar-refractivity contribution >= 4 is 11.7 Å². The zero-order valence-electron chi connectivity index (χ0n) is 13.9. The SMILES string of the molecule is CC(C)c1cc(CN(C)C(=O)Nc2ccc(OC(F)(F)F)cc2)no1. The van der Waals surface area contributed by atoms with Crippen LogP contribution < -0.4 is 10.1 Å². The monoisotopic (exact) mass is 357 g/mol. The molecule has 0 atom stereocenters. The van der Waals surface area contributed by atoms with Crippen molar-refractivity contribution in [1.82, 2.24) is 10.1 Å². The fourth-order valence-electron chi connectivity index (χ4n) is 1.95. The number of nitrogens with one attached hydrogen (secondary N) is 1. The van der Waals surface area contributed by atoms with Crippen molar-refractivity contribution in [3.05, 3.63) is 41.8 Å². The molecule has 25 heavy (non-hydrogen) atoms. The standard InChI is InChI=1S/C16H18F3N3O3/c1-10(2)14-8-12(21-25-14)9-22(3)15(23)20-11-4-6-13(7-5-11)24-16(17,18)19/h4-8,10H,9H2,1-3H3,(H,20,23). The highest BCUT2D eigenvalue weighted by atomic mass is 19.4. The second-order valence-corrected chi connectivity index (χ2v) is 5.73. The van der Waals surface area contributed by atoms with Gasteiger partial charge in [-0.05, 0) is 24.3 Å². The molecule has 0 saturated heterocycles. The summed E-state index contributed by atoms with van der Waals surface area (Å²) in [5, 5.41) is 6.47. The highest BCUT2D eigenvalue weighted by Crippen LogP contribution is 2.24. The van der Waals surface area contributed by atoms with E-state index in [2.05, 4.69) is 15.2 Å². The van der Waals surface area contributed by atoms with Gasteiger partial charge < -0.3 is 19.5 Å². The zero-order chi connectivity index (χ0) is 18.6. The molecule has 1 aromatic carbocycles. The molecule has 136 valence electrons. The van der Waals surface area contributed by atoms with Gasteiger partial charge in [0.1, 0.15) is 17.2 Å². The maximum atomic E-state index is 12.1. The highest BCUT2D eigenvalue weighted by molar-refractivity contribution is 5.89. The minimum Gasteiger partial charge on any atom is -0.406 e. The number of ether oxygens (including phenoxy) is 1. The number of urea groups is 1. The number of amides is 2. The average molecular weight is 357 g/mol. The van der Waals surface area contributed by atoms with Crippen LogP contribution in [0.1, 0.15) is 31.2 Å². The molecule has 1 aromatic heterocycles. The lowest BCUT2D eigenvalue weighted by Gasteiger charge is -2.16. The Morgan fingerprint density at radius 3 is 2.48 bits per heavy atom. The second-order valence-electron chi connectivity index (χ2n) is 5.73. The molecule has 6 nitrogen and oxygen atoms in total. The minimum absolute atomic E-state index is 0.192. The molecule has 0 spiro atoms. The van der Waals surface area contributed by atoms with E-state index in [9.17, 15) is 18.0 Å². The largest absolute Gasteiger partial charge is 0.573 e. The number of carbonyl (C=O) groups is 1. The number of hydrogen-bond donors (Lipinski definition) is 1. The lowest BCUT2D eigenvalue weighted by Crippen LogP contribution is -2.30. The molecule has 2 rings (SSSR count). The topological polar surface area (TPSA) is 67.6 Å². The van der Waals surface area contributed by atoms with Crippen LogP contribution in [0, 0.1) is 0 Å². The van der Waals surface area contributed by atoms with Gasteiger partial charge in [0.25, 0.3) is 0 Å². The van der Waals surface area contributed by atoms with Crippen LogP contribution >= 0.6 is 0 Å². The van der Waals surface area contributed by atoms with E-state index >= 15 is 0 Å². The van der Waals surface area contributed by atoms with Crippen LogP contribution in [0.5, 0.6) is 5.75 Å². The van der Waals surface area contributed by atoms with Crippen molar-refractivity contribution in [1.29, 1.82) is 0 Å². The summed E-state index contributed by atoms with van der Waals surface area (Å²) in [6.45, 7) is 4.16. The Kier molecular flexibility index (Phi) is 5.55. The van der Waals surface area contributed by atoms with Crippen molar-refractivity contribution in [2.45, 2.75) is 32.7 Å². The normalized spacial score (nSPS) is 11.5. The van der Waals surface area contributed by atoms with E-state index in [1.165, 1.54) is 17.0 Å². The van der Waals surface area contributed by atoms with E-state index in [0.29, 0.717) is 11.4 Å². The molecule has 2 aromatic rings. The fourth-order valence-corrected chi connectivity index (χ4v) is 1.95. The molecule has 9 heteroatoms. The Balaban J connectivity index is 1.91. The van der Waals surface area contributed by atoms with Crippen LogP contribution in [0.15, 0.2) is 34.9 Å². The third-order valence-electron chi connectivity index (χ3n) is 3.23. The van der Waals surface area contributed by atoms with E-state index in [-0.39, 0.29) is 18.2 Å². The third-order valence-corrected chi connectivity index (χ3v) is 3.23. The predicted octanol–water partition coefficient (Wildman–Crippen LogP) is 4.36. The Morgan fingerprint density at radius 1 is 1.32 bits per heavy atom. The summed E-state index contributed by atoms with van der Waals surface area (Å²) in [5.41, 5.74) is 0.949. The number of aromatic nitrogens is 1. The van der Waals surface area contributed by atoms with E-state index in [1.54, 1.807) is 13.1 Å². The molecule has 0 aliphatic heterocycles. The van der Waals surface area contributed by atoms with Crippen LogP contribution in [0.4, 0.5) is 23.7 Å². The number of carbonyl (C=O) groups excluding carboxylic acids is 1. The fraction of sp³-hybridized carbons (Fsp3) is 0.375. The molecule has 1 heterocycles. The van der Waals surface area contributed by atoms with Crippen molar-refractivity contribution in [3.8, 4) is 5.75 Å². The first-order valence-corrected chi connectivity index (χ1v) is 7.47. The van der Waals surface area contributed by atoms with E-state index < -0.39 is 12.4 Å². The molecule has 0 bridgehead atoms. The molecule has 0 fully saturated rings. The summed E-state index contributed by atoms with van der Waals surface area (Å²) in [6, 6.07) is 6.22. The lowest BCUT2D eigenvalue weighted by molar-refractivity contribution is -0.274. The van der Waals surface area contributed by atoms with Crippen LogP contribution in [-0.4, -0.2) is 29.5 Å². The Labute approximate surface area is 142 Å². The summed E-state index contributed by atoms with van der Waals surface area (Å²) < 4.78 is 45.2. The van der Waals surface area contributed by atoms with E-state index in [0.717, 1.165) is 17.9 Å². The molecule has 0 aliphatic rings. The van der Waals surface area contributed by atoms with Gasteiger partial charge in [0.15, 0.2) is 0 Å². The van der Waals surface area contributed by atoms with Gasteiger partial charge in [-0.2, -0.15) is 0 Å². The maximum absolute atomic E-state index is 12.1. The molecule has 0 unspecified atom stereocenters. The first-order valence-electron chi connectivity index (χ1n) is 7.47. The number of rotatable bonds is 5. The van der Waals surface area contributed by atoms with Gasteiger partial charge in [-0.3, -0.25) is 0 Å². The molecule has 0 saturated carbocycles. The minimum atomic E-state index is -4.75. The smallest absolute Gasteiger partial charge is 0.406 e. The zero-order valence-corrected chi connectivity index (χ0v) is 13.9. The number of nitrogens with zero attached hydrogens (tertiary/aromatic N) is 2. The van der Waals surface area contributed by atoms with Gasteiger partial charge in [-0.25, -0.2) is 4.79 Å². The van der Waals surface area contributed by atoms with Gasteiger partial charge in [-0.15, -0.1) is 13.2 Å². The van der Waals surface area contributed by atoms with E-state index in [1.807, 2.05) is 13.8 Å². The first-order chi connectivity index (χ1) is 11.6. The average Bonchev–Trinajstić information content (AvgIpc) is 2.96. The number of anilines is 1. The van der Waals surface area contributed by atoms with Gasteiger partial charge in [-0.1, -0.05) is 19.0 Å². The summed E-state index contributed by atoms with van der Waals surface area (Å²) in [4.78, 5) is 13.5. The summed E-state index contributed by atoms with van der Waals surface area (Å²) in [6.07, 6.45) is -4.75. The predicted molar refractivity (Wildman–Crippen MR) is 84.2 cm³/mol. The molecule has 0 aliphatic carbocycles. The van der Waals surface area contributed by atoms with Crippen LogP contribution in [0.25, 0.3) is 0 Å². The first kappa shape index (κ1) is 18.6. The van der Waals surface area contributed by atoms with Crippen molar-refractivity contribution < 1.29 is 27.2 Å². The van der Waals surface area contributed by atoms with Crippen LogP contribution in [-0.2, 0) is 6.54 Å². The number of hydrogen-bond acceptors (Lipinski definition) is 4. The molecule has 2 amide bonds. The summed E-state index contributed by atoms with van der Waals surface area (Å²) in [5.74, 6) is 0.560. The Hall–Kier alpha value is -2.71. The van der Waals surface area contributed by atoms with Crippen LogP contribution in [0.2, 0.25) is 0 Å². The van der Waals surface area contributed by atoms with Crippen molar-refractivity contribution in [2.75, 3.05) is 12.4 Å². The highest BCUT2D eigenvalue weighted by Gasteiger charge is 2.31.